The molecule has 3 rings (SSSR count). The van der Waals surface area contributed by atoms with Gasteiger partial charge < -0.3 is 14.4 Å². The van der Waals surface area contributed by atoms with Gasteiger partial charge in [-0.05, 0) is 38.8 Å². The third-order valence-corrected chi connectivity index (χ3v) is 4.62. The molecule has 1 aromatic heterocycles. The number of rotatable bonds is 3. The van der Waals surface area contributed by atoms with Crippen molar-refractivity contribution in [2.24, 2.45) is 0 Å². The van der Waals surface area contributed by atoms with Crippen LogP contribution in [0.1, 0.15) is 36.2 Å². The molecule has 0 bridgehead atoms. The predicted molar refractivity (Wildman–Crippen MR) is 72.2 cm³/mol. The lowest BCUT2D eigenvalue weighted by Gasteiger charge is -2.31. The highest BCUT2D eigenvalue weighted by atomic mass is 16.3. The number of aliphatic hydroxyl groups excluding tert-OH is 1. The summed E-state index contributed by atoms with van der Waals surface area (Å²) in [6, 6.07) is 0.0469. The Labute approximate surface area is 118 Å². The molecule has 20 heavy (non-hydrogen) atoms. The molecule has 1 saturated heterocycles. The Morgan fingerprint density at radius 3 is 2.85 bits per heavy atom. The van der Waals surface area contributed by atoms with Crippen LogP contribution in [0.2, 0.25) is 0 Å². The van der Waals surface area contributed by atoms with Crippen LogP contribution in [-0.4, -0.2) is 64.1 Å². The third-order valence-electron chi connectivity index (χ3n) is 4.62. The minimum absolute atomic E-state index is 0.141. The van der Waals surface area contributed by atoms with Crippen LogP contribution < -0.4 is 0 Å². The topological polar surface area (TPSA) is 69.8 Å². The molecule has 0 spiro atoms. The van der Waals surface area contributed by atoms with Crippen LogP contribution in [0.5, 0.6) is 0 Å². The number of hydrogen-bond donors (Lipinski definition) is 1. The highest BCUT2D eigenvalue weighted by Gasteiger charge is 2.42. The van der Waals surface area contributed by atoms with E-state index < -0.39 is 6.10 Å². The summed E-state index contributed by atoms with van der Waals surface area (Å²) in [5.41, 5.74) is 0. The van der Waals surface area contributed by atoms with Crippen molar-refractivity contribution in [3.63, 3.8) is 0 Å². The standard InChI is InChI=1S/C14H21N3O3/c1-16(14(19)12-8-15-9-20-12)10-4-5-11(13(10)18)17-6-2-3-7-17/h8-11,13,18H,2-7H2,1H3/t10-,11-,13-/m1/s1. The van der Waals surface area contributed by atoms with Gasteiger partial charge in [0.2, 0.25) is 5.76 Å². The molecule has 3 atom stereocenters. The summed E-state index contributed by atoms with van der Waals surface area (Å²) in [4.78, 5) is 20.0. The number of carbonyl (C=O) groups is 1. The van der Waals surface area contributed by atoms with Crippen LogP contribution >= 0.6 is 0 Å². The first-order chi connectivity index (χ1) is 9.68. The summed E-state index contributed by atoms with van der Waals surface area (Å²) >= 11 is 0. The normalized spacial score (nSPS) is 30.8. The van der Waals surface area contributed by atoms with Crippen molar-refractivity contribution in [3.05, 3.63) is 18.4 Å². The van der Waals surface area contributed by atoms with Gasteiger partial charge >= 0.3 is 0 Å². The fraction of sp³-hybridized carbons (Fsp3) is 0.714. The highest BCUT2D eigenvalue weighted by molar-refractivity contribution is 5.91. The fourth-order valence-corrected chi connectivity index (χ4v) is 3.48. The van der Waals surface area contributed by atoms with E-state index in [-0.39, 0.29) is 23.8 Å². The number of hydrogen-bond acceptors (Lipinski definition) is 5. The summed E-state index contributed by atoms with van der Waals surface area (Å²) in [5, 5.41) is 10.5. The van der Waals surface area contributed by atoms with Gasteiger partial charge in [-0.1, -0.05) is 0 Å². The Hall–Kier alpha value is -1.40. The van der Waals surface area contributed by atoms with Crippen molar-refractivity contribution in [1.82, 2.24) is 14.8 Å². The number of aliphatic hydroxyl groups is 1. The number of carbonyl (C=O) groups excluding carboxylic acids is 1. The van der Waals surface area contributed by atoms with Gasteiger partial charge in [0, 0.05) is 13.1 Å². The summed E-state index contributed by atoms with van der Waals surface area (Å²) < 4.78 is 5.04. The molecule has 0 radical (unpaired) electrons. The summed E-state index contributed by atoms with van der Waals surface area (Å²) in [5.74, 6) is 0.0120. The zero-order valence-electron chi connectivity index (χ0n) is 11.7. The molecule has 1 N–H and O–H groups in total. The van der Waals surface area contributed by atoms with E-state index >= 15 is 0 Å². The van der Waals surface area contributed by atoms with Crippen molar-refractivity contribution in [2.75, 3.05) is 20.1 Å². The summed E-state index contributed by atoms with van der Waals surface area (Å²) in [6.07, 6.45) is 6.38. The number of nitrogens with zero attached hydrogens (tertiary/aromatic N) is 3. The Morgan fingerprint density at radius 2 is 2.20 bits per heavy atom. The molecule has 6 nitrogen and oxygen atoms in total. The van der Waals surface area contributed by atoms with Crippen molar-refractivity contribution in [3.8, 4) is 0 Å². The predicted octanol–water partition coefficient (Wildman–Crippen LogP) is 0.734. The molecule has 2 fully saturated rings. The maximum absolute atomic E-state index is 12.2. The molecule has 110 valence electrons. The van der Waals surface area contributed by atoms with Gasteiger partial charge in [0.25, 0.3) is 5.91 Å². The van der Waals surface area contributed by atoms with E-state index in [1.165, 1.54) is 25.4 Å². The zero-order chi connectivity index (χ0) is 14.1. The monoisotopic (exact) mass is 279 g/mol. The Morgan fingerprint density at radius 1 is 1.45 bits per heavy atom. The Kier molecular flexibility index (Phi) is 3.76. The molecular weight excluding hydrogens is 258 g/mol. The Balaban J connectivity index is 1.67. The summed E-state index contributed by atoms with van der Waals surface area (Å²) in [6.45, 7) is 2.13. The molecule has 1 aromatic rings. The van der Waals surface area contributed by atoms with Crippen LogP contribution in [-0.2, 0) is 0 Å². The second-order valence-corrected chi connectivity index (χ2v) is 5.73. The molecule has 0 aromatic carbocycles. The molecule has 1 aliphatic heterocycles. The fourth-order valence-electron chi connectivity index (χ4n) is 3.48. The smallest absolute Gasteiger partial charge is 0.291 e. The van der Waals surface area contributed by atoms with Crippen molar-refractivity contribution in [1.29, 1.82) is 0 Å². The molecule has 2 aliphatic rings. The van der Waals surface area contributed by atoms with Crippen molar-refractivity contribution < 1.29 is 14.3 Å². The van der Waals surface area contributed by atoms with Gasteiger partial charge in [0.05, 0.1) is 18.3 Å². The molecular formula is C14H21N3O3. The molecule has 1 aliphatic carbocycles. The quantitative estimate of drug-likeness (QED) is 0.883. The van der Waals surface area contributed by atoms with E-state index in [2.05, 4.69) is 9.88 Å². The second-order valence-electron chi connectivity index (χ2n) is 5.73. The van der Waals surface area contributed by atoms with E-state index in [4.69, 9.17) is 4.42 Å². The van der Waals surface area contributed by atoms with E-state index in [1.807, 2.05) is 0 Å². The first-order valence-electron chi connectivity index (χ1n) is 7.26. The van der Waals surface area contributed by atoms with Crippen LogP contribution in [0.3, 0.4) is 0 Å². The van der Waals surface area contributed by atoms with Gasteiger partial charge in [-0.25, -0.2) is 4.98 Å². The zero-order valence-corrected chi connectivity index (χ0v) is 11.7. The van der Waals surface area contributed by atoms with Gasteiger partial charge in [0.15, 0.2) is 6.39 Å². The average Bonchev–Trinajstić information content (AvgIpc) is 3.18. The lowest BCUT2D eigenvalue weighted by atomic mass is 10.1. The number of likely N-dealkylation sites (N-methyl/N-ethyl adjacent to an activating group) is 1. The lowest BCUT2D eigenvalue weighted by molar-refractivity contribution is 0.0281. The SMILES string of the molecule is CN(C(=O)c1cnco1)[C@@H]1CC[C@@H](N2CCCC2)[C@@H]1O. The van der Waals surface area contributed by atoms with Gasteiger partial charge in [-0.3, -0.25) is 9.69 Å². The van der Waals surface area contributed by atoms with Crippen molar-refractivity contribution >= 4 is 5.91 Å². The molecule has 6 heteroatoms. The summed E-state index contributed by atoms with van der Waals surface area (Å²) in [7, 11) is 1.73. The first kappa shape index (κ1) is 13.6. The largest absolute Gasteiger partial charge is 0.438 e. The second kappa shape index (κ2) is 5.54. The van der Waals surface area contributed by atoms with Gasteiger partial charge in [0.1, 0.15) is 0 Å². The number of amides is 1. The first-order valence-corrected chi connectivity index (χ1v) is 7.26. The number of aromatic nitrogens is 1. The van der Waals surface area contributed by atoms with Crippen LogP contribution in [0.4, 0.5) is 0 Å². The van der Waals surface area contributed by atoms with Gasteiger partial charge in [-0.15, -0.1) is 0 Å². The van der Waals surface area contributed by atoms with Crippen LogP contribution in [0.25, 0.3) is 0 Å². The number of likely N-dealkylation sites (tertiary alicyclic amines) is 1. The lowest BCUT2D eigenvalue weighted by Crippen LogP contribution is -2.48. The Bertz CT molecular complexity index is 456. The molecule has 1 saturated carbocycles. The molecule has 0 unspecified atom stereocenters. The maximum atomic E-state index is 12.2. The minimum atomic E-state index is -0.482. The highest BCUT2D eigenvalue weighted by Crippen LogP contribution is 2.30. The maximum Gasteiger partial charge on any atom is 0.291 e. The van der Waals surface area contributed by atoms with E-state index in [0.717, 1.165) is 25.9 Å². The van der Waals surface area contributed by atoms with E-state index in [0.29, 0.717) is 0 Å². The molecule has 2 heterocycles. The molecule has 1 amide bonds. The van der Waals surface area contributed by atoms with Crippen LogP contribution in [0, 0.1) is 0 Å². The van der Waals surface area contributed by atoms with Crippen LogP contribution in [0.15, 0.2) is 17.0 Å². The van der Waals surface area contributed by atoms with Gasteiger partial charge in [-0.2, -0.15) is 0 Å². The minimum Gasteiger partial charge on any atom is -0.438 e. The number of oxazole rings is 1. The van der Waals surface area contributed by atoms with E-state index in [9.17, 15) is 9.90 Å². The van der Waals surface area contributed by atoms with Crippen molar-refractivity contribution in [2.45, 2.75) is 43.9 Å². The van der Waals surface area contributed by atoms with E-state index in [1.54, 1.807) is 11.9 Å². The third kappa shape index (κ3) is 2.33. The average molecular weight is 279 g/mol.